The number of aromatic nitrogens is 2. The van der Waals surface area contributed by atoms with Crippen molar-refractivity contribution in [1.29, 1.82) is 0 Å². The molecule has 2 nitrogen and oxygen atoms in total. The van der Waals surface area contributed by atoms with Crippen molar-refractivity contribution in [2.24, 2.45) is 13.0 Å². The van der Waals surface area contributed by atoms with Crippen LogP contribution in [0.5, 0.6) is 0 Å². The van der Waals surface area contributed by atoms with E-state index < -0.39 is 0 Å². The lowest BCUT2D eigenvalue weighted by Crippen LogP contribution is -2.05. The summed E-state index contributed by atoms with van der Waals surface area (Å²) in [7, 11) is 1.99. The van der Waals surface area contributed by atoms with Gasteiger partial charge in [0.2, 0.25) is 0 Å². The third-order valence-electron chi connectivity index (χ3n) is 3.29. The standard InChI is InChI=1S/C12H18BrClN2/c1-3-10-12(14)11(16(2)15-10)7-6-9(13)8-4-5-8/h8-9H,3-7H2,1-2H3. The molecule has 16 heavy (non-hydrogen) atoms. The Labute approximate surface area is 110 Å². The second-order valence-corrected chi connectivity index (χ2v) is 6.13. The lowest BCUT2D eigenvalue weighted by Gasteiger charge is -2.08. The van der Waals surface area contributed by atoms with Crippen LogP contribution in [0.1, 0.15) is 37.6 Å². The predicted octanol–water partition coefficient (Wildman–Crippen LogP) is 3.74. The van der Waals surface area contributed by atoms with Crippen LogP contribution >= 0.6 is 27.5 Å². The zero-order valence-electron chi connectivity index (χ0n) is 9.84. The molecule has 90 valence electrons. The smallest absolute Gasteiger partial charge is 0.0849 e. The van der Waals surface area contributed by atoms with Crippen LogP contribution in [0.2, 0.25) is 5.02 Å². The summed E-state index contributed by atoms with van der Waals surface area (Å²) in [5, 5.41) is 5.31. The lowest BCUT2D eigenvalue weighted by molar-refractivity contribution is 0.642. The van der Waals surface area contributed by atoms with E-state index in [1.54, 1.807) is 0 Å². The quantitative estimate of drug-likeness (QED) is 0.758. The van der Waals surface area contributed by atoms with Crippen LogP contribution in [-0.2, 0) is 19.9 Å². The van der Waals surface area contributed by atoms with Crippen LogP contribution in [0.3, 0.4) is 0 Å². The zero-order valence-corrected chi connectivity index (χ0v) is 12.2. The largest absolute Gasteiger partial charge is 0.271 e. The molecule has 0 amide bonds. The second kappa shape index (κ2) is 5.09. The normalized spacial score (nSPS) is 17.8. The lowest BCUT2D eigenvalue weighted by atomic mass is 10.1. The Hall–Kier alpha value is -0.0200. The van der Waals surface area contributed by atoms with Crippen molar-refractivity contribution < 1.29 is 0 Å². The number of alkyl halides is 1. The highest BCUT2D eigenvalue weighted by molar-refractivity contribution is 9.09. The topological polar surface area (TPSA) is 17.8 Å². The molecule has 2 rings (SSSR count). The Bertz CT molecular complexity index is 371. The van der Waals surface area contributed by atoms with Gasteiger partial charge in [-0.2, -0.15) is 5.10 Å². The van der Waals surface area contributed by atoms with Crippen molar-refractivity contribution in [1.82, 2.24) is 9.78 Å². The molecule has 1 fully saturated rings. The van der Waals surface area contributed by atoms with Crippen LogP contribution in [0.4, 0.5) is 0 Å². The molecule has 1 saturated carbocycles. The number of rotatable bonds is 5. The van der Waals surface area contributed by atoms with Gasteiger partial charge in [-0.1, -0.05) is 34.5 Å². The van der Waals surface area contributed by atoms with Crippen molar-refractivity contribution in [2.75, 3.05) is 0 Å². The molecule has 0 N–H and O–H groups in total. The van der Waals surface area contributed by atoms with Gasteiger partial charge in [-0.25, -0.2) is 0 Å². The van der Waals surface area contributed by atoms with E-state index in [2.05, 4.69) is 28.0 Å². The summed E-state index contributed by atoms with van der Waals surface area (Å²) in [5.74, 6) is 0.901. The van der Waals surface area contributed by atoms with Gasteiger partial charge in [0, 0.05) is 11.9 Å². The van der Waals surface area contributed by atoms with Gasteiger partial charge in [-0.3, -0.25) is 4.68 Å². The Morgan fingerprint density at radius 3 is 2.75 bits per heavy atom. The first-order chi connectivity index (χ1) is 7.63. The molecule has 1 aromatic rings. The Morgan fingerprint density at radius 1 is 1.56 bits per heavy atom. The fraction of sp³-hybridized carbons (Fsp3) is 0.750. The highest BCUT2D eigenvalue weighted by Crippen LogP contribution is 2.39. The first-order valence-corrected chi connectivity index (χ1v) is 7.27. The first-order valence-electron chi connectivity index (χ1n) is 5.97. The molecule has 1 aliphatic carbocycles. The van der Waals surface area contributed by atoms with E-state index >= 15 is 0 Å². The van der Waals surface area contributed by atoms with E-state index in [9.17, 15) is 0 Å². The van der Waals surface area contributed by atoms with Gasteiger partial charge in [-0.05, 0) is 38.0 Å². The minimum absolute atomic E-state index is 0.656. The van der Waals surface area contributed by atoms with E-state index in [0.29, 0.717) is 4.83 Å². The third kappa shape index (κ3) is 2.62. The molecule has 0 spiro atoms. The van der Waals surface area contributed by atoms with Gasteiger partial charge < -0.3 is 0 Å². The minimum atomic E-state index is 0.656. The van der Waals surface area contributed by atoms with Crippen molar-refractivity contribution in [3.63, 3.8) is 0 Å². The molecule has 1 aromatic heterocycles. The molecule has 1 atom stereocenters. The van der Waals surface area contributed by atoms with Crippen molar-refractivity contribution in [2.45, 2.75) is 43.9 Å². The van der Waals surface area contributed by atoms with Gasteiger partial charge >= 0.3 is 0 Å². The van der Waals surface area contributed by atoms with Crippen molar-refractivity contribution >= 4 is 27.5 Å². The minimum Gasteiger partial charge on any atom is -0.271 e. The molecule has 0 aliphatic heterocycles. The van der Waals surface area contributed by atoms with Crippen LogP contribution < -0.4 is 0 Å². The highest BCUT2D eigenvalue weighted by atomic mass is 79.9. The molecule has 1 aliphatic rings. The average Bonchev–Trinajstić information content (AvgIpc) is 3.05. The average molecular weight is 306 g/mol. The number of aryl methyl sites for hydroxylation is 2. The van der Waals surface area contributed by atoms with E-state index in [-0.39, 0.29) is 0 Å². The second-order valence-electron chi connectivity index (χ2n) is 4.58. The summed E-state index contributed by atoms with van der Waals surface area (Å²) in [6.07, 6.45) is 5.86. The summed E-state index contributed by atoms with van der Waals surface area (Å²) in [6, 6.07) is 0. The fourth-order valence-electron chi connectivity index (χ4n) is 2.06. The maximum atomic E-state index is 6.31. The van der Waals surface area contributed by atoms with Crippen LogP contribution in [0, 0.1) is 5.92 Å². The molecular formula is C12H18BrClN2. The van der Waals surface area contributed by atoms with Crippen LogP contribution in [0.15, 0.2) is 0 Å². The number of hydrogen-bond donors (Lipinski definition) is 0. The van der Waals surface area contributed by atoms with Crippen LogP contribution in [-0.4, -0.2) is 14.6 Å². The molecule has 1 unspecified atom stereocenters. The van der Waals surface area contributed by atoms with Gasteiger partial charge in [0.05, 0.1) is 16.4 Å². The Balaban J connectivity index is 1.99. The zero-order chi connectivity index (χ0) is 11.7. The Kier molecular flexibility index (Phi) is 3.96. The molecule has 0 aromatic carbocycles. The van der Waals surface area contributed by atoms with Gasteiger partial charge in [-0.15, -0.1) is 0 Å². The Morgan fingerprint density at radius 2 is 2.25 bits per heavy atom. The summed E-state index contributed by atoms with van der Waals surface area (Å²) in [6.45, 7) is 2.09. The van der Waals surface area contributed by atoms with Gasteiger partial charge in [0.1, 0.15) is 0 Å². The van der Waals surface area contributed by atoms with Gasteiger partial charge in [0.15, 0.2) is 0 Å². The number of halogens is 2. The first kappa shape index (κ1) is 12.4. The summed E-state index contributed by atoms with van der Waals surface area (Å²) < 4.78 is 1.94. The number of nitrogens with zero attached hydrogens (tertiary/aromatic N) is 2. The van der Waals surface area contributed by atoms with Crippen molar-refractivity contribution in [3.05, 3.63) is 16.4 Å². The van der Waals surface area contributed by atoms with Crippen molar-refractivity contribution in [3.8, 4) is 0 Å². The molecule has 1 heterocycles. The summed E-state index contributed by atoms with van der Waals surface area (Å²) in [5.41, 5.74) is 2.21. The van der Waals surface area contributed by atoms with E-state index in [4.69, 9.17) is 11.6 Å². The third-order valence-corrected chi connectivity index (χ3v) is 4.94. The SMILES string of the molecule is CCc1nn(C)c(CCC(Br)C2CC2)c1Cl. The maximum Gasteiger partial charge on any atom is 0.0849 e. The fourth-order valence-corrected chi connectivity index (χ4v) is 3.21. The van der Waals surface area contributed by atoms with E-state index in [1.807, 2.05) is 11.7 Å². The predicted molar refractivity (Wildman–Crippen MR) is 71.4 cm³/mol. The highest BCUT2D eigenvalue weighted by Gasteiger charge is 2.29. The molecule has 4 heteroatoms. The monoisotopic (exact) mass is 304 g/mol. The molecular weight excluding hydrogens is 288 g/mol. The molecule has 0 saturated heterocycles. The molecule has 0 radical (unpaired) electrons. The summed E-state index contributed by atoms with van der Waals surface area (Å²) >= 11 is 10.1. The number of hydrogen-bond acceptors (Lipinski definition) is 1. The van der Waals surface area contributed by atoms with E-state index in [0.717, 1.165) is 35.9 Å². The van der Waals surface area contributed by atoms with Crippen LogP contribution in [0.25, 0.3) is 0 Å². The maximum absolute atomic E-state index is 6.31. The van der Waals surface area contributed by atoms with E-state index in [1.165, 1.54) is 18.5 Å². The van der Waals surface area contributed by atoms with Gasteiger partial charge in [0.25, 0.3) is 0 Å². The molecule has 0 bridgehead atoms. The summed E-state index contributed by atoms with van der Waals surface area (Å²) in [4.78, 5) is 0.656.